The van der Waals surface area contributed by atoms with Crippen LogP contribution in [0.5, 0.6) is 0 Å². The molecule has 2 fully saturated rings. The molecule has 0 bridgehead atoms. The molecule has 3 aliphatic rings. The quantitative estimate of drug-likeness (QED) is 0.490. The number of fused-ring (bicyclic) bond motifs is 3. The number of rotatable bonds is 6. The number of benzene rings is 1. The van der Waals surface area contributed by atoms with E-state index in [-0.39, 0.29) is 36.4 Å². The molecule has 0 spiro atoms. The molecule has 2 N–H and O–H groups in total. The topological polar surface area (TPSA) is 94.9 Å². The number of carboxylic acid groups (broad SMARTS) is 1. The van der Waals surface area contributed by atoms with E-state index in [1.165, 1.54) is 4.90 Å². The number of amides is 1. The fraction of sp³-hybridized carbons (Fsp3) is 0.536. The van der Waals surface area contributed by atoms with Crippen molar-refractivity contribution in [3.63, 3.8) is 0 Å². The summed E-state index contributed by atoms with van der Waals surface area (Å²) >= 11 is 0. The van der Waals surface area contributed by atoms with Crippen LogP contribution in [0.25, 0.3) is 0 Å². The van der Waals surface area contributed by atoms with Gasteiger partial charge in [0.15, 0.2) is 5.78 Å². The number of allylic oxidation sites excluding steroid dienone is 2. The van der Waals surface area contributed by atoms with Crippen LogP contribution in [0, 0.1) is 29.1 Å². The summed E-state index contributed by atoms with van der Waals surface area (Å²) in [6.45, 7) is 3.90. The fourth-order valence-electron chi connectivity index (χ4n) is 6.87. The van der Waals surface area contributed by atoms with Crippen molar-refractivity contribution in [3.05, 3.63) is 41.0 Å². The van der Waals surface area contributed by atoms with Crippen LogP contribution in [0.1, 0.15) is 70.3 Å². The third kappa shape index (κ3) is 3.86. The van der Waals surface area contributed by atoms with Gasteiger partial charge in [-0.25, -0.2) is 0 Å². The summed E-state index contributed by atoms with van der Waals surface area (Å²) in [4.78, 5) is 37.1. The Morgan fingerprint density at radius 1 is 1.26 bits per heavy atom. The van der Waals surface area contributed by atoms with Gasteiger partial charge < -0.3 is 15.1 Å². The van der Waals surface area contributed by atoms with Crippen LogP contribution >= 0.6 is 0 Å². The number of nitrogens with zero attached hydrogens (tertiary/aromatic N) is 1. The summed E-state index contributed by atoms with van der Waals surface area (Å²) in [7, 11) is 1.69. The summed E-state index contributed by atoms with van der Waals surface area (Å²) in [6, 6.07) is 7.76. The Hall–Kier alpha value is -2.91. The zero-order chi connectivity index (χ0) is 24.7. The minimum atomic E-state index is -1.09. The van der Waals surface area contributed by atoms with E-state index < -0.39 is 17.0 Å². The van der Waals surface area contributed by atoms with Crippen molar-refractivity contribution in [2.24, 2.45) is 17.3 Å². The lowest BCUT2D eigenvalue weighted by Crippen LogP contribution is -2.51. The second-order valence-electron chi connectivity index (χ2n) is 10.3. The van der Waals surface area contributed by atoms with Crippen molar-refractivity contribution in [1.82, 2.24) is 0 Å². The Labute approximate surface area is 201 Å². The van der Waals surface area contributed by atoms with E-state index in [9.17, 15) is 24.6 Å². The molecule has 34 heavy (non-hydrogen) atoms. The Morgan fingerprint density at radius 2 is 1.97 bits per heavy atom. The van der Waals surface area contributed by atoms with Crippen molar-refractivity contribution < 1.29 is 24.6 Å². The molecule has 1 aromatic rings. The van der Waals surface area contributed by atoms with E-state index in [0.29, 0.717) is 24.8 Å². The minimum absolute atomic E-state index is 0.0556. The lowest BCUT2D eigenvalue weighted by molar-refractivity contribution is -0.137. The molecule has 0 aromatic heterocycles. The van der Waals surface area contributed by atoms with Crippen molar-refractivity contribution in [2.75, 3.05) is 11.9 Å². The van der Waals surface area contributed by atoms with Gasteiger partial charge in [0.25, 0.3) is 0 Å². The van der Waals surface area contributed by atoms with Crippen LogP contribution < -0.4 is 4.90 Å². The Kier molecular flexibility index (Phi) is 6.44. The highest BCUT2D eigenvalue weighted by molar-refractivity contribution is 5.98. The molecule has 0 heterocycles. The van der Waals surface area contributed by atoms with Crippen molar-refractivity contribution in [1.29, 1.82) is 0 Å². The van der Waals surface area contributed by atoms with Crippen LogP contribution in [-0.2, 0) is 14.4 Å². The van der Waals surface area contributed by atoms with Crippen LogP contribution in [0.15, 0.2) is 35.4 Å². The fourth-order valence-corrected chi connectivity index (χ4v) is 6.87. The molecule has 0 unspecified atom stereocenters. The third-order valence-electron chi connectivity index (χ3n) is 8.62. The molecule has 5 atom stereocenters. The lowest BCUT2D eigenvalue weighted by atomic mass is 9.51. The molecule has 1 aromatic carbocycles. The number of aliphatic carboxylic acids is 1. The van der Waals surface area contributed by atoms with Crippen molar-refractivity contribution in [2.45, 2.75) is 70.3 Å². The first-order valence-corrected chi connectivity index (χ1v) is 12.1. The summed E-state index contributed by atoms with van der Waals surface area (Å²) in [6.07, 6.45) is 4.16. The van der Waals surface area contributed by atoms with E-state index in [2.05, 4.69) is 18.8 Å². The lowest BCUT2D eigenvalue weighted by Gasteiger charge is -2.53. The summed E-state index contributed by atoms with van der Waals surface area (Å²) < 4.78 is 0. The van der Waals surface area contributed by atoms with E-state index in [0.717, 1.165) is 36.1 Å². The molecule has 6 heteroatoms. The van der Waals surface area contributed by atoms with E-state index in [1.54, 1.807) is 14.0 Å². The van der Waals surface area contributed by atoms with Gasteiger partial charge in [0, 0.05) is 36.9 Å². The van der Waals surface area contributed by atoms with Crippen LogP contribution in [0.3, 0.4) is 0 Å². The van der Waals surface area contributed by atoms with Crippen molar-refractivity contribution >= 4 is 23.9 Å². The second kappa shape index (κ2) is 9.03. The number of Topliss-reactive ketones (excluding diaryl/α,β-unsaturated/α-hetero) is 1. The number of aliphatic hydroxyl groups is 1. The monoisotopic (exact) mass is 463 g/mol. The maximum atomic E-state index is 13.1. The first kappa shape index (κ1) is 24.2. The van der Waals surface area contributed by atoms with Crippen LogP contribution in [-0.4, -0.2) is 41.0 Å². The van der Waals surface area contributed by atoms with Crippen LogP contribution in [0.4, 0.5) is 5.69 Å². The summed E-state index contributed by atoms with van der Waals surface area (Å²) in [5, 5.41) is 21.0. The van der Waals surface area contributed by atoms with Gasteiger partial charge in [-0.1, -0.05) is 30.6 Å². The first-order chi connectivity index (χ1) is 16.1. The molecule has 6 nitrogen and oxygen atoms in total. The molecular weight excluding hydrogens is 430 g/mol. The summed E-state index contributed by atoms with van der Waals surface area (Å²) in [5.41, 5.74) is 2.01. The molecule has 4 rings (SSSR count). The zero-order valence-corrected chi connectivity index (χ0v) is 20.1. The van der Waals surface area contributed by atoms with Gasteiger partial charge in [0.05, 0.1) is 0 Å². The van der Waals surface area contributed by atoms with E-state index in [4.69, 9.17) is 0 Å². The van der Waals surface area contributed by atoms with Gasteiger partial charge in [0.2, 0.25) is 6.41 Å². The molecule has 0 aliphatic heterocycles. The van der Waals surface area contributed by atoms with E-state index >= 15 is 0 Å². The predicted molar refractivity (Wildman–Crippen MR) is 129 cm³/mol. The van der Waals surface area contributed by atoms with Gasteiger partial charge in [-0.15, -0.1) is 5.92 Å². The zero-order valence-electron chi connectivity index (χ0n) is 20.1. The first-order valence-electron chi connectivity index (χ1n) is 12.1. The predicted octanol–water partition coefficient (Wildman–Crippen LogP) is 4.08. The van der Waals surface area contributed by atoms with E-state index in [1.807, 2.05) is 24.3 Å². The molecular formula is C28H33NO5. The van der Waals surface area contributed by atoms with Gasteiger partial charge >= 0.3 is 5.97 Å². The Bertz CT molecular complexity index is 1090. The highest BCUT2D eigenvalue weighted by Gasteiger charge is 2.62. The SMILES string of the molecule is CC#C[C@]1(O)CC[C@H]2[C@@H]3CCC(=O)C(CCC(=O)O)=C3[C@@H](c3ccc(N(C)C=O)cc3)C[C@@]21C. The smallest absolute Gasteiger partial charge is 0.303 e. The van der Waals surface area contributed by atoms with Crippen molar-refractivity contribution in [3.8, 4) is 11.8 Å². The summed E-state index contributed by atoms with van der Waals surface area (Å²) in [5.74, 6) is 5.41. The third-order valence-corrected chi connectivity index (χ3v) is 8.62. The Morgan fingerprint density at radius 3 is 2.59 bits per heavy atom. The molecule has 0 saturated heterocycles. The molecule has 2 saturated carbocycles. The Balaban J connectivity index is 1.86. The minimum Gasteiger partial charge on any atom is -0.481 e. The number of hydrogen-bond acceptors (Lipinski definition) is 4. The second-order valence-corrected chi connectivity index (χ2v) is 10.3. The number of anilines is 1. The van der Waals surface area contributed by atoms with Gasteiger partial charge in [-0.2, -0.15) is 0 Å². The molecule has 3 aliphatic carbocycles. The molecule has 0 radical (unpaired) electrons. The number of carboxylic acids is 1. The average Bonchev–Trinajstić information content (AvgIpc) is 3.07. The maximum absolute atomic E-state index is 13.1. The highest BCUT2D eigenvalue weighted by atomic mass is 16.4. The number of ketones is 1. The number of hydrogen-bond donors (Lipinski definition) is 2. The van der Waals surface area contributed by atoms with Crippen LogP contribution in [0.2, 0.25) is 0 Å². The van der Waals surface area contributed by atoms with Gasteiger partial charge in [-0.05, 0) is 74.1 Å². The number of carbonyl (C=O) groups is 3. The average molecular weight is 464 g/mol. The normalized spacial score (nSPS) is 32.4. The largest absolute Gasteiger partial charge is 0.481 e. The molecule has 180 valence electrons. The van der Waals surface area contributed by atoms with Gasteiger partial charge in [0.1, 0.15) is 5.60 Å². The maximum Gasteiger partial charge on any atom is 0.303 e. The standard InChI is InChI=1S/C28H33NO5/c1-4-14-28(34)15-13-23-20-9-11-24(31)21(10-12-25(32)33)26(20)22(16-27(23,28)2)18-5-7-19(8-6-18)29(3)17-30/h5-8,17,20,22-23,34H,9-13,15-16H2,1-3H3,(H,32,33)/t20-,22+,23-,27-,28-/m0/s1. The number of carbonyl (C=O) groups excluding carboxylic acids is 2. The highest BCUT2D eigenvalue weighted by Crippen LogP contribution is 2.65. The van der Waals surface area contributed by atoms with Gasteiger partial charge in [-0.3, -0.25) is 14.4 Å². The molecule has 1 amide bonds.